The van der Waals surface area contributed by atoms with E-state index in [4.69, 9.17) is 9.47 Å². The maximum absolute atomic E-state index is 13.1. The van der Waals surface area contributed by atoms with Gasteiger partial charge in [-0.2, -0.15) is 0 Å². The lowest BCUT2D eigenvalue weighted by molar-refractivity contribution is 0.0729. The number of amides is 1. The Balaban J connectivity index is 1.71. The standard InChI is InChI=1S/C22H23N3O3S/c1-3-27-15-9-10-19(28-4-2)18(13-15)24-21-20-17(8-5-11-23-20)22(26)25(21)14-16-7-6-12-29-16/h5-13,21,24H,3-4,14H2,1-2H3/t21-/m1/s1. The largest absolute Gasteiger partial charge is 0.494 e. The molecule has 2 aromatic heterocycles. The number of carbonyl (C=O) groups excluding carboxylic acids is 1. The third-order valence-corrected chi connectivity index (χ3v) is 5.52. The monoisotopic (exact) mass is 409 g/mol. The number of thiophene rings is 1. The second kappa shape index (κ2) is 8.53. The zero-order valence-electron chi connectivity index (χ0n) is 16.4. The van der Waals surface area contributed by atoms with Crippen molar-refractivity contribution >= 4 is 22.9 Å². The van der Waals surface area contributed by atoms with Crippen molar-refractivity contribution in [3.8, 4) is 11.5 Å². The maximum Gasteiger partial charge on any atom is 0.258 e. The molecule has 29 heavy (non-hydrogen) atoms. The van der Waals surface area contributed by atoms with Crippen LogP contribution in [0, 0.1) is 0 Å². The zero-order valence-corrected chi connectivity index (χ0v) is 17.2. The summed E-state index contributed by atoms with van der Waals surface area (Å²) < 4.78 is 11.5. The molecule has 0 spiro atoms. The fourth-order valence-corrected chi connectivity index (χ4v) is 4.13. The Morgan fingerprint density at radius 1 is 1.14 bits per heavy atom. The van der Waals surface area contributed by atoms with Crippen LogP contribution in [0.15, 0.2) is 54.0 Å². The Morgan fingerprint density at radius 2 is 2.00 bits per heavy atom. The van der Waals surface area contributed by atoms with E-state index in [0.717, 1.165) is 22.0 Å². The van der Waals surface area contributed by atoms with Crippen molar-refractivity contribution in [3.63, 3.8) is 0 Å². The molecule has 0 unspecified atom stereocenters. The fourth-order valence-electron chi connectivity index (χ4n) is 3.42. The van der Waals surface area contributed by atoms with Crippen molar-refractivity contribution in [1.82, 2.24) is 9.88 Å². The average Bonchev–Trinajstić information content (AvgIpc) is 3.33. The Hall–Kier alpha value is -3.06. The van der Waals surface area contributed by atoms with Gasteiger partial charge in [-0.15, -0.1) is 11.3 Å². The summed E-state index contributed by atoms with van der Waals surface area (Å²) in [4.78, 5) is 20.5. The van der Waals surface area contributed by atoms with Gasteiger partial charge in [0, 0.05) is 17.1 Å². The molecule has 0 aliphatic carbocycles. The van der Waals surface area contributed by atoms with Crippen LogP contribution in [-0.4, -0.2) is 29.0 Å². The van der Waals surface area contributed by atoms with Crippen molar-refractivity contribution in [1.29, 1.82) is 0 Å². The summed E-state index contributed by atoms with van der Waals surface area (Å²) in [5.74, 6) is 1.43. The predicted molar refractivity (Wildman–Crippen MR) is 114 cm³/mol. The van der Waals surface area contributed by atoms with Crippen LogP contribution in [0.5, 0.6) is 11.5 Å². The molecule has 1 aliphatic rings. The SMILES string of the molecule is CCOc1ccc(OCC)c(N[C@H]2c3ncccc3C(=O)N2Cc2cccs2)c1. The first-order valence-corrected chi connectivity index (χ1v) is 10.5. The van der Waals surface area contributed by atoms with Crippen molar-refractivity contribution in [2.24, 2.45) is 0 Å². The van der Waals surface area contributed by atoms with Crippen LogP contribution in [0.1, 0.15) is 40.9 Å². The molecule has 150 valence electrons. The molecule has 0 fully saturated rings. The van der Waals surface area contributed by atoms with Crippen LogP contribution >= 0.6 is 11.3 Å². The van der Waals surface area contributed by atoms with Crippen LogP contribution in [-0.2, 0) is 6.54 Å². The number of ether oxygens (including phenoxy) is 2. The molecule has 7 heteroatoms. The first-order chi connectivity index (χ1) is 14.2. The Morgan fingerprint density at radius 3 is 2.76 bits per heavy atom. The number of hydrogen-bond donors (Lipinski definition) is 1. The minimum absolute atomic E-state index is 0.0297. The third kappa shape index (κ3) is 3.91. The fraction of sp³-hybridized carbons (Fsp3) is 0.273. The summed E-state index contributed by atoms with van der Waals surface area (Å²) in [7, 11) is 0. The number of anilines is 1. The summed E-state index contributed by atoms with van der Waals surface area (Å²) in [6.45, 7) is 5.52. The highest BCUT2D eigenvalue weighted by Gasteiger charge is 2.38. The van der Waals surface area contributed by atoms with Crippen LogP contribution < -0.4 is 14.8 Å². The molecule has 4 rings (SSSR count). The highest BCUT2D eigenvalue weighted by atomic mass is 32.1. The Bertz CT molecular complexity index is 991. The molecule has 0 bridgehead atoms. The number of carbonyl (C=O) groups is 1. The van der Waals surface area contributed by atoms with Gasteiger partial charge >= 0.3 is 0 Å². The second-order valence-corrected chi connectivity index (χ2v) is 7.55. The summed E-state index contributed by atoms with van der Waals surface area (Å²) in [6.07, 6.45) is 1.33. The number of nitrogens with zero attached hydrogens (tertiary/aromatic N) is 2. The van der Waals surface area contributed by atoms with Gasteiger partial charge < -0.3 is 19.7 Å². The summed E-state index contributed by atoms with van der Waals surface area (Å²) in [5.41, 5.74) is 2.11. The third-order valence-electron chi connectivity index (χ3n) is 4.66. The number of hydrogen-bond acceptors (Lipinski definition) is 6. The van der Waals surface area contributed by atoms with Gasteiger partial charge in [0.05, 0.1) is 36.7 Å². The summed E-state index contributed by atoms with van der Waals surface area (Å²) in [6, 6.07) is 13.3. The van der Waals surface area contributed by atoms with Crippen LogP contribution in [0.25, 0.3) is 0 Å². The molecular formula is C22H23N3O3S. The normalized spacial score (nSPS) is 15.3. The van der Waals surface area contributed by atoms with Gasteiger partial charge in [-0.1, -0.05) is 6.07 Å². The molecule has 1 amide bonds. The maximum atomic E-state index is 13.1. The van der Waals surface area contributed by atoms with E-state index < -0.39 is 6.17 Å². The lowest BCUT2D eigenvalue weighted by atomic mass is 10.2. The first kappa shape index (κ1) is 19.3. The number of rotatable bonds is 8. The number of pyridine rings is 1. The van der Waals surface area contributed by atoms with E-state index in [-0.39, 0.29) is 5.91 Å². The number of benzene rings is 1. The van der Waals surface area contributed by atoms with Gasteiger partial charge in [0.2, 0.25) is 0 Å². The quantitative estimate of drug-likeness (QED) is 0.584. The van der Waals surface area contributed by atoms with Gasteiger partial charge in [-0.3, -0.25) is 9.78 Å². The van der Waals surface area contributed by atoms with Gasteiger partial charge in [0.15, 0.2) is 0 Å². The van der Waals surface area contributed by atoms with E-state index in [2.05, 4.69) is 10.3 Å². The van der Waals surface area contributed by atoms with Crippen LogP contribution in [0.4, 0.5) is 5.69 Å². The Kier molecular flexibility index (Phi) is 5.67. The van der Waals surface area contributed by atoms with Crippen LogP contribution in [0.3, 0.4) is 0 Å². The average molecular weight is 410 g/mol. The van der Waals surface area contributed by atoms with Gasteiger partial charge in [-0.05, 0) is 49.6 Å². The van der Waals surface area contributed by atoms with Crippen LogP contribution in [0.2, 0.25) is 0 Å². The molecule has 0 saturated heterocycles. The molecule has 1 N–H and O–H groups in total. The van der Waals surface area contributed by atoms with Crippen molar-refractivity contribution < 1.29 is 14.3 Å². The van der Waals surface area contributed by atoms with Gasteiger partial charge in [0.25, 0.3) is 5.91 Å². The van der Waals surface area contributed by atoms with E-state index in [1.54, 1.807) is 23.6 Å². The molecule has 0 radical (unpaired) electrons. The van der Waals surface area contributed by atoms with E-state index >= 15 is 0 Å². The minimum atomic E-state index is -0.392. The number of aromatic nitrogens is 1. The van der Waals surface area contributed by atoms with E-state index in [0.29, 0.717) is 31.1 Å². The van der Waals surface area contributed by atoms with Gasteiger partial charge in [-0.25, -0.2) is 0 Å². The van der Waals surface area contributed by atoms with E-state index in [9.17, 15) is 4.79 Å². The highest BCUT2D eigenvalue weighted by Crippen LogP contribution is 2.38. The smallest absolute Gasteiger partial charge is 0.258 e. The molecule has 3 aromatic rings. The topological polar surface area (TPSA) is 63.7 Å². The lowest BCUT2D eigenvalue weighted by Gasteiger charge is -2.27. The van der Waals surface area contributed by atoms with E-state index in [1.165, 1.54) is 0 Å². The van der Waals surface area contributed by atoms with E-state index in [1.807, 2.05) is 60.5 Å². The van der Waals surface area contributed by atoms with Gasteiger partial charge in [0.1, 0.15) is 17.7 Å². The summed E-state index contributed by atoms with van der Waals surface area (Å²) in [5, 5.41) is 5.50. The molecule has 1 atom stereocenters. The molecular weight excluding hydrogens is 386 g/mol. The van der Waals surface area contributed by atoms with Crippen molar-refractivity contribution in [3.05, 3.63) is 70.2 Å². The zero-order chi connectivity index (χ0) is 20.2. The highest BCUT2D eigenvalue weighted by molar-refractivity contribution is 7.09. The second-order valence-electron chi connectivity index (χ2n) is 6.52. The molecule has 1 aromatic carbocycles. The number of nitrogens with one attached hydrogen (secondary N) is 1. The first-order valence-electron chi connectivity index (χ1n) is 9.65. The lowest BCUT2D eigenvalue weighted by Crippen LogP contribution is -2.32. The molecule has 0 saturated carbocycles. The Labute approximate surface area is 174 Å². The molecule has 6 nitrogen and oxygen atoms in total. The molecule has 3 heterocycles. The predicted octanol–water partition coefficient (Wildman–Crippen LogP) is 4.71. The van der Waals surface area contributed by atoms with Crippen molar-refractivity contribution in [2.75, 3.05) is 18.5 Å². The summed E-state index contributed by atoms with van der Waals surface area (Å²) >= 11 is 1.63. The van der Waals surface area contributed by atoms with Crippen molar-refractivity contribution in [2.45, 2.75) is 26.6 Å². The molecule has 1 aliphatic heterocycles. The number of fused-ring (bicyclic) bond motifs is 1. The minimum Gasteiger partial charge on any atom is -0.494 e.